The minimum Gasteiger partial charge on any atom is -0.292 e. The Balaban J connectivity index is 2.19. The Bertz CT molecular complexity index is 375. The van der Waals surface area contributed by atoms with E-state index in [9.17, 15) is 4.79 Å². The number of benzene rings is 1. The van der Waals surface area contributed by atoms with Gasteiger partial charge in [-0.1, -0.05) is 24.3 Å². The maximum atomic E-state index is 11.8. The quantitative estimate of drug-likeness (QED) is 0.599. The van der Waals surface area contributed by atoms with Crippen LogP contribution >= 0.6 is 0 Å². The summed E-state index contributed by atoms with van der Waals surface area (Å²) in [4.78, 5) is 11.8. The van der Waals surface area contributed by atoms with Crippen molar-refractivity contribution >= 4 is 5.78 Å². The molecule has 1 heterocycles. The van der Waals surface area contributed by atoms with Gasteiger partial charge in [-0.3, -0.25) is 10.2 Å². The molecule has 3 heteroatoms. The molecule has 1 aromatic carbocycles. The molecule has 2 atom stereocenters. The molecule has 0 radical (unpaired) electrons. The lowest BCUT2D eigenvalue weighted by Gasteiger charge is -2.04. The number of rotatable bonds is 0. The standard InChI is InChI=1S/C10H10N2O/c13-10-7-4-2-1-3-6(7)8-5-11-12-9(8)10/h1-4,8-9,11-12H,5H2. The van der Waals surface area contributed by atoms with E-state index in [1.807, 2.05) is 24.3 Å². The average Bonchev–Trinajstić information content (AvgIpc) is 2.72. The lowest BCUT2D eigenvalue weighted by molar-refractivity contribution is 0.0958. The molecular weight excluding hydrogens is 164 g/mol. The van der Waals surface area contributed by atoms with Crippen molar-refractivity contribution in [1.29, 1.82) is 0 Å². The molecule has 0 saturated carbocycles. The lowest BCUT2D eigenvalue weighted by atomic mass is 10.0. The molecule has 2 aliphatic rings. The van der Waals surface area contributed by atoms with Gasteiger partial charge in [0.2, 0.25) is 0 Å². The van der Waals surface area contributed by atoms with E-state index in [1.54, 1.807) is 0 Å². The fourth-order valence-electron chi connectivity index (χ4n) is 2.25. The van der Waals surface area contributed by atoms with E-state index in [0.29, 0.717) is 5.92 Å². The van der Waals surface area contributed by atoms with Gasteiger partial charge in [0.05, 0.1) is 6.04 Å². The number of carbonyl (C=O) groups is 1. The van der Waals surface area contributed by atoms with Crippen LogP contribution in [0, 0.1) is 0 Å². The fourth-order valence-corrected chi connectivity index (χ4v) is 2.25. The second kappa shape index (κ2) is 2.40. The number of ketones is 1. The summed E-state index contributed by atoms with van der Waals surface area (Å²) in [6.45, 7) is 0.855. The van der Waals surface area contributed by atoms with Gasteiger partial charge in [-0.05, 0) is 5.56 Å². The molecule has 0 aromatic heterocycles. The van der Waals surface area contributed by atoms with Crippen molar-refractivity contribution < 1.29 is 4.79 Å². The Labute approximate surface area is 76.1 Å². The number of fused-ring (bicyclic) bond motifs is 3. The molecule has 1 aromatic rings. The topological polar surface area (TPSA) is 41.1 Å². The zero-order chi connectivity index (χ0) is 8.84. The summed E-state index contributed by atoms with van der Waals surface area (Å²) in [6.07, 6.45) is 0. The van der Waals surface area contributed by atoms with Crippen molar-refractivity contribution in [3.05, 3.63) is 35.4 Å². The van der Waals surface area contributed by atoms with Crippen LogP contribution in [0.1, 0.15) is 21.8 Å². The second-order valence-corrected chi connectivity index (χ2v) is 3.56. The maximum absolute atomic E-state index is 11.8. The molecule has 1 aliphatic carbocycles. The number of hydrogen-bond acceptors (Lipinski definition) is 3. The van der Waals surface area contributed by atoms with E-state index >= 15 is 0 Å². The van der Waals surface area contributed by atoms with Crippen LogP contribution in [0.25, 0.3) is 0 Å². The van der Waals surface area contributed by atoms with Gasteiger partial charge >= 0.3 is 0 Å². The van der Waals surface area contributed by atoms with Gasteiger partial charge in [0, 0.05) is 18.0 Å². The van der Waals surface area contributed by atoms with Crippen LogP contribution in [0.4, 0.5) is 0 Å². The minimum absolute atomic E-state index is 0.0302. The Kier molecular flexibility index (Phi) is 1.34. The molecule has 3 rings (SSSR count). The van der Waals surface area contributed by atoms with E-state index < -0.39 is 0 Å². The van der Waals surface area contributed by atoms with Crippen molar-refractivity contribution in [1.82, 2.24) is 10.9 Å². The second-order valence-electron chi connectivity index (χ2n) is 3.56. The van der Waals surface area contributed by atoms with Crippen LogP contribution in [0.15, 0.2) is 24.3 Å². The first-order valence-electron chi connectivity index (χ1n) is 4.49. The monoisotopic (exact) mass is 174 g/mol. The molecule has 3 nitrogen and oxygen atoms in total. The van der Waals surface area contributed by atoms with Gasteiger partial charge in [0.25, 0.3) is 0 Å². The maximum Gasteiger partial charge on any atom is 0.182 e. The summed E-state index contributed by atoms with van der Waals surface area (Å²) in [5.74, 6) is 0.564. The predicted molar refractivity (Wildman–Crippen MR) is 48.4 cm³/mol. The van der Waals surface area contributed by atoms with Gasteiger partial charge in [0.1, 0.15) is 0 Å². The predicted octanol–water partition coefficient (Wildman–Crippen LogP) is 0.443. The number of carbonyl (C=O) groups excluding carboxylic acids is 1. The van der Waals surface area contributed by atoms with Crippen LogP contribution < -0.4 is 10.9 Å². The first-order valence-corrected chi connectivity index (χ1v) is 4.49. The van der Waals surface area contributed by atoms with Crippen LogP contribution in [-0.2, 0) is 0 Å². The smallest absolute Gasteiger partial charge is 0.182 e. The van der Waals surface area contributed by atoms with Crippen molar-refractivity contribution in [2.75, 3.05) is 6.54 Å². The molecule has 1 fully saturated rings. The Morgan fingerprint density at radius 3 is 3.08 bits per heavy atom. The molecule has 1 saturated heterocycles. The highest BCUT2D eigenvalue weighted by molar-refractivity contribution is 6.05. The molecule has 2 N–H and O–H groups in total. The zero-order valence-corrected chi connectivity index (χ0v) is 7.08. The summed E-state index contributed by atoms with van der Waals surface area (Å²) in [7, 11) is 0. The van der Waals surface area contributed by atoms with Crippen molar-refractivity contribution in [2.24, 2.45) is 0 Å². The van der Waals surface area contributed by atoms with Gasteiger partial charge in [-0.25, -0.2) is 5.43 Å². The van der Waals surface area contributed by atoms with Crippen molar-refractivity contribution in [2.45, 2.75) is 12.0 Å². The van der Waals surface area contributed by atoms with E-state index in [2.05, 4.69) is 10.9 Å². The molecule has 66 valence electrons. The normalized spacial score (nSPS) is 30.3. The van der Waals surface area contributed by atoms with Crippen LogP contribution in [-0.4, -0.2) is 18.4 Å². The van der Waals surface area contributed by atoms with Gasteiger partial charge in [-0.15, -0.1) is 0 Å². The Morgan fingerprint density at radius 2 is 2.15 bits per heavy atom. The number of hydrazine groups is 1. The molecule has 13 heavy (non-hydrogen) atoms. The Hall–Kier alpha value is -1.19. The van der Waals surface area contributed by atoms with Crippen LogP contribution in [0.3, 0.4) is 0 Å². The van der Waals surface area contributed by atoms with E-state index in [4.69, 9.17) is 0 Å². The minimum atomic E-state index is -0.0302. The van der Waals surface area contributed by atoms with Gasteiger partial charge < -0.3 is 0 Å². The van der Waals surface area contributed by atoms with E-state index in [1.165, 1.54) is 5.56 Å². The Morgan fingerprint density at radius 1 is 1.31 bits per heavy atom. The van der Waals surface area contributed by atoms with E-state index in [-0.39, 0.29) is 11.8 Å². The molecule has 0 spiro atoms. The third-order valence-electron chi connectivity index (χ3n) is 2.89. The number of Topliss-reactive ketones (excluding diaryl/α,β-unsaturated/α-hetero) is 1. The molecule has 1 aliphatic heterocycles. The highest BCUT2D eigenvalue weighted by atomic mass is 16.1. The molecule has 0 bridgehead atoms. The van der Waals surface area contributed by atoms with Gasteiger partial charge in [-0.2, -0.15) is 0 Å². The zero-order valence-electron chi connectivity index (χ0n) is 7.08. The lowest BCUT2D eigenvalue weighted by Crippen LogP contribution is -2.35. The van der Waals surface area contributed by atoms with Crippen LogP contribution in [0.5, 0.6) is 0 Å². The van der Waals surface area contributed by atoms with Crippen molar-refractivity contribution in [3.8, 4) is 0 Å². The highest BCUT2D eigenvalue weighted by Crippen LogP contribution is 2.34. The highest BCUT2D eigenvalue weighted by Gasteiger charge is 2.42. The van der Waals surface area contributed by atoms with Crippen molar-refractivity contribution in [3.63, 3.8) is 0 Å². The van der Waals surface area contributed by atoms with Crippen LogP contribution in [0.2, 0.25) is 0 Å². The third kappa shape index (κ3) is 0.829. The van der Waals surface area contributed by atoms with E-state index in [0.717, 1.165) is 12.1 Å². The summed E-state index contributed by atoms with van der Waals surface area (Å²) in [5, 5.41) is 0. The first kappa shape index (κ1) is 7.24. The molecule has 2 unspecified atom stereocenters. The summed E-state index contributed by atoms with van der Waals surface area (Å²) in [6, 6.07) is 7.85. The number of hydrogen-bond donors (Lipinski definition) is 2. The summed E-state index contributed by atoms with van der Waals surface area (Å²) in [5.41, 5.74) is 8.13. The summed E-state index contributed by atoms with van der Waals surface area (Å²) >= 11 is 0. The first-order chi connectivity index (χ1) is 6.38. The molecule has 0 amide bonds. The SMILES string of the molecule is O=C1c2ccccc2C2CNNC12. The summed E-state index contributed by atoms with van der Waals surface area (Å²) < 4.78 is 0. The largest absolute Gasteiger partial charge is 0.292 e. The average molecular weight is 174 g/mol. The fraction of sp³-hybridized carbons (Fsp3) is 0.300. The molecular formula is C10H10N2O. The third-order valence-corrected chi connectivity index (χ3v) is 2.89. The number of nitrogens with one attached hydrogen (secondary N) is 2. The van der Waals surface area contributed by atoms with Gasteiger partial charge in [0.15, 0.2) is 5.78 Å².